The van der Waals surface area contributed by atoms with Crippen LogP contribution in [0, 0.1) is 0 Å². The van der Waals surface area contributed by atoms with E-state index < -0.39 is 12.1 Å². The molecule has 0 saturated heterocycles. The van der Waals surface area contributed by atoms with E-state index in [1.807, 2.05) is 6.08 Å². The highest BCUT2D eigenvalue weighted by Crippen LogP contribution is 2.12. The lowest BCUT2D eigenvalue weighted by Gasteiger charge is -2.19. The molecule has 0 aromatic rings. The van der Waals surface area contributed by atoms with Crippen LogP contribution in [0.4, 0.5) is 0 Å². The smallest absolute Gasteiger partial charge is 0.220 e. The van der Waals surface area contributed by atoms with E-state index in [0.29, 0.717) is 6.42 Å². The molecule has 0 bridgehead atoms. The van der Waals surface area contributed by atoms with Crippen molar-refractivity contribution in [3.8, 4) is 0 Å². The lowest BCUT2D eigenvalue weighted by Crippen LogP contribution is -2.45. The topological polar surface area (TPSA) is 69.6 Å². The van der Waals surface area contributed by atoms with Crippen LogP contribution in [0.1, 0.15) is 194 Å². The summed E-state index contributed by atoms with van der Waals surface area (Å²) in [6, 6.07) is -0.642. The van der Waals surface area contributed by atoms with Gasteiger partial charge in [0.25, 0.3) is 0 Å². The molecule has 0 aliphatic carbocycles. The molecule has 1 amide bonds. The van der Waals surface area contributed by atoms with Gasteiger partial charge in [-0.15, -0.1) is 0 Å². The van der Waals surface area contributed by atoms with Gasteiger partial charge in [-0.3, -0.25) is 4.79 Å². The first-order valence-electron chi connectivity index (χ1n) is 19.9. The van der Waals surface area contributed by atoms with E-state index in [9.17, 15) is 15.0 Å². The number of carbonyl (C=O) groups is 1. The van der Waals surface area contributed by atoms with Gasteiger partial charge in [0.05, 0.1) is 18.8 Å². The van der Waals surface area contributed by atoms with E-state index in [1.165, 1.54) is 128 Å². The van der Waals surface area contributed by atoms with Crippen molar-refractivity contribution >= 4 is 5.91 Å². The van der Waals surface area contributed by atoms with Crippen molar-refractivity contribution in [1.29, 1.82) is 0 Å². The maximum absolute atomic E-state index is 12.3. The Morgan fingerprint density at radius 1 is 0.522 bits per heavy atom. The quantitative estimate of drug-likeness (QED) is 0.0475. The van der Waals surface area contributed by atoms with Crippen LogP contribution in [-0.4, -0.2) is 34.9 Å². The second-order valence-electron chi connectivity index (χ2n) is 13.3. The lowest BCUT2D eigenvalue weighted by molar-refractivity contribution is -0.123. The maximum Gasteiger partial charge on any atom is 0.220 e. The molecule has 0 fully saturated rings. The Labute approximate surface area is 286 Å². The molecule has 268 valence electrons. The van der Waals surface area contributed by atoms with E-state index in [1.54, 1.807) is 6.08 Å². The third kappa shape index (κ3) is 33.7. The van der Waals surface area contributed by atoms with Gasteiger partial charge in [0, 0.05) is 6.42 Å². The van der Waals surface area contributed by atoms with Gasteiger partial charge in [-0.1, -0.05) is 172 Å². The molecule has 0 aromatic carbocycles. The molecule has 4 nitrogen and oxygen atoms in total. The molecule has 0 aliphatic heterocycles. The van der Waals surface area contributed by atoms with Crippen molar-refractivity contribution in [2.45, 2.75) is 206 Å². The minimum absolute atomic E-state index is 0.0847. The second kappa shape index (κ2) is 37.8. The Morgan fingerprint density at radius 3 is 1.39 bits per heavy atom. The van der Waals surface area contributed by atoms with Crippen molar-refractivity contribution in [3.63, 3.8) is 0 Å². The monoisotopic (exact) mass is 644 g/mol. The number of hydrogen-bond acceptors (Lipinski definition) is 3. The van der Waals surface area contributed by atoms with Gasteiger partial charge in [0.15, 0.2) is 0 Å². The number of allylic oxidation sites excluding steroid dienone is 7. The minimum Gasteiger partial charge on any atom is -0.394 e. The second-order valence-corrected chi connectivity index (χ2v) is 13.3. The first-order valence-corrected chi connectivity index (χ1v) is 19.9. The Kier molecular flexibility index (Phi) is 36.4. The fraction of sp³-hybridized carbons (Fsp3) is 0.786. The largest absolute Gasteiger partial charge is 0.394 e. The molecular formula is C42H77NO3. The zero-order valence-electron chi connectivity index (χ0n) is 30.6. The average Bonchev–Trinajstić information content (AvgIpc) is 3.06. The SMILES string of the molecule is CCCCCCC/C=C/CC/C=C/C(O)C(CO)NC(=O)CCCCCCCCC/C=C\C/C=C\CCCCCCCCCCC. The zero-order valence-corrected chi connectivity index (χ0v) is 30.6. The van der Waals surface area contributed by atoms with Gasteiger partial charge in [-0.2, -0.15) is 0 Å². The van der Waals surface area contributed by atoms with Gasteiger partial charge in [-0.05, 0) is 64.2 Å². The summed E-state index contributed by atoms with van der Waals surface area (Å²) in [5.74, 6) is -0.0847. The Balaban J connectivity index is 3.62. The molecule has 0 heterocycles. The van der Waals surface area contributed by atoms with Crippen LogP contribution in [0.3, 0.4) is 0 Å². The van der Waals surface area contributed by atoms with E-state index in [-0.39, 0.29) is 12.5 Å². The van der Waals surface area contributed by atoms with E-state index >= 15 is 0 Å². The summed E-state index contributed by atoms with van der Waals surface area (Å²) in [6.45, 7) is 4.26. The highest BCUT2D eigenvalue weighted by molar-refractivity contribution is 5.76. The molecule has 2 unspecified atom stereocenters. The maximum atomic E-state index is 12.3. The zero-order chi connectivity index (χ0) is 33.6. The average molecular weight is 644 g/mol. The molecule has 2 atom stereocenters. The van der Waals surface area contributed by atoms with Gasteiger partial charge in [0.1, 0.15) is 0 Å². The van der Waals surface area contributed by atoms with Gasteiger partial charge >= 0.3 is 0 Å². The Hall–Kier alpha value is -1.65. The van der Waals surface area contributed by atoms with Crippen molar-refractivity contribution < 1.29 is 15.0 Å². The summed E-state index contributed by atoms with van der Waals surface area (Å²) < 4.78 is 0. The van der Waals surface area contributed by atoms with Crippen LogP contribution in [0.5, 0.6) is 0 Å². The first-order chi connectivity index (χ1) is 22.7. The van der Waals surface area contributed by atoms with Crippen LogP contribution in [0.25, 0.3) is 0 Å². The van der Waals surface area contributed by atoms with Crippen LogP contribution in [0.2, 0.25) is 0 Å². The van der Waals surface area contributed by atoms with Gasteiger partial charge in [-0.25, -0.2) is 0 Å². The molecule has 0 saturated carbocycles. The molecule has 4 heteroatoms. The first kappa shape index (κ1) is 44.4. The predicted octanol–water partition coefficient (Wildman–Crippen LogP) is 12.0. The number of unbranched alkanes of at least 4 members (excludes halogenated alkanes) is 22. The highest BCUT2D eigenvalue weighted by atomic mass is 16.3. The van der Waals surface area contributed by atoms with Crippen LogP contribution < -0.4 is 5.32 Å². The minimum atomic E-state index is -0.864. The summed E-state index contributed by atoms with van der Waals surface area (Å²) in [4.78, 5) is 12.3. The van der Waals surface area contributed by atoms with E-state index in [2.05, 4.69) is 55.6 Å². The van der Waals surface area contributed by atoms with Crippen molar-refractivity contribution in [2.24, 2.45) is 0 Å². The summed E-state index contributed by atoms with van der Waals surface area (Å²) in [7, 11) is 0. The lowest BCUT2D eigenvalue weighted by atomic mass is 10.1. The number of carbonyl (C=O) groups excluding carboxylic acids is 1. The number of rotatable bonds is 35. The van der Waals surface area contributed by atoms with Crippen LogP contribution in [-0.2, 0) is 4.79 Å². The fourth-order valence-electron chi connectivity index (χ4n) is 5.69. The molecule has 3 N–H and O–H groups in total. The van der Waals surface area contributed by atoms with Crippen LogP contribution in [0.15, 0.2) is 48.6 Å². The molecule has 0 aliphatic rings. The van der Waals surface area contributed by atoms with E-state index in [4.69, 9.17) is 0 Å². The van der Waals surface area contributed by atoms with Crippen molar-refractivity contribution in [3.05, 3.63) is 48.6 Å². The molecular weight excluding hydrogens is 566 g/mol. The number of nitrogens with one attached hydrogen (secondary N) is 1. The molecule has 0 rings (SSSR count). The summed E-state index contributed by atoms with van der Waals surface area (Å²) in [6.07, 6.45) is 50.7. The van der Waals surface area contributed by atoms with Gasteiger partial charge in [0.2, 0.25) is 5.91 Å². The fourth-order valence-corrected chi connectivity index (χ4v) is 5.69. The predicted molar refractivity (Wildman–Crippen MR) is 202 cm³/mol. The van der Waals surface area contributed by atoms with Crippen molar-refractivity contribution in [2.75, 3.05) is 6.61 Å². The Morgan fingerprint density at radius 2 is 0.913 bits per heavy atom. The number of amides is 1. The molecule has 46 heavy (non-hydrogen) atoms. The standard InChI is InChI=1S/C42H77NO3/c1-3-5-7-9-11-13-15-16-17-18-19-20-21-22-23-24-25-26-28-30-32-34-36-38-42(46)43-40(39-44)41(45)37-35-33-31-29-27-14-12-10-8-6-4-2/h19-20,22-23,27,29,35,37,40-41,44-45H,3-18,21,24-26,28,30-34,36,38-39H2,1-2H3,(H,43,46)/b20-19-,23-22-,29-27+,37-35+. The van der Waals surface area contributed by atoms with Crippen molar-refractivity contribution in [1.82, 2.24) is 5.32 Å². The summed E-state index contributed by atoms with van der Waals surface area (Å²) in [5, 5.41) is 22.8. The summed E-state index contributed by atoms with van der Waals surface area (Å²) >= 11 is 0. The molecule has 0 spiro atoms. The number of aliphatic hydroxyl groups excluding tert-OH is 2. The highest BCUT2D eigenvalue weighted by Gasteiger charge is 2.17. The summed E-state index contributed by atoms with van der Waals surface area (Å²) in [5.41, 5.74) is 0. The number of hydrogen-bond donors (Lipinski definition) is 3. The normalized spacial score (nSPS) is 13.6. The van der Waals surface area contributed by atoms with Crippen LogP contribution >= 0.6 is 0 Å². The third-order valence-electron chi connectivity index (χ3n) is 8.78. The van der Waals surface area contributed by atoms with E-state index in [0.717, 1.165) is 44.9 Å². The van der Waals surface area contributed by atoms with Gasteiger partial charge < -0.3 is 15.5 Å². The Bertz CT molecular complexity index is 741. The third-order valence-corrected chi connectivity index (χ3v) is 8.78. The molecule has 0 aromatic heterocycles. The molecule has 0 radical (unpaired) electrons. The number of aliphatic hydroxyl groups is 2.